The molecule has 0 saturated carbocycles. The van der Waals surface area contributed by atoms with Crippen molar-refractivity contribution in [2.45, 2.75) is 32.5 Å². The van der Waals surface area contributed by atoms with Crippen LogP contribution in [0.1, 0.15) is 32.8 Å². The van der Waals surface area contributed by atoms with Gasteiger partial charge in [-0.3, -0.25) is 19.3 Å². The van der Waals surface area contributed by atoms with E-state index in [9.17, 15) is 37.5 Å². The van der Waals surface area contributed by atoms with Crippen LogP contribution in [0.2, 0.25) is 5.02 Å². The van der Waals surface area contributed by atoms with E-state index in [1.807, 2.05) is 0 Å². The molecule has 0 aliphatic heterocycles. The second-order valence-corrected chi connectivity index (χ2v) is 8.06. The van der Waals surface area contributed by atoms with Crippen LogP contribution in [0.5, 0.6) is 0 Å². The Kier molecular flexibility index (Phi) is 7.12. The fourth-order valence-electron chi connectivity index (χ4n) is 2.76. The minimum absolute atomic E-state index is 0.0380. The van der Waals surface area contributed by atoms with Crippen molar-refractivity contribution in [1.82, 2.24) is 0 Å². The second-order valence-electron chi connectivity index (χ2n) is 6.42. The predicted molar refractivity (Wildman–Crippen MR) is 106 cm³/mol. The van der Waals surface area contributed by atoms with Crippen LogP contribution in [0.15, 0.2) is 24.3 Å². The lowest BCUT2D eigenvalue weighted by Gasteiger charge is -2.28. The number of hydrogen-bond donors (Lipinski definition) is 2. The number of amides is 1. The predicted octanol–water partition coefficient (Wildman–Crippen LogP) is 4.07. The first-order valence-electron chi connectivity index (χ1n) is 8.51. The Bertz CT molecular complexity index is 1050. The van der Waals surface area contributed by atoms with Crippen molar-refractivity contribution >= 4 is 51.6 Å². The van der Waals surface area contributed by atoms with Crippen LogP contribution in [0.4, 0.5) is 18.2 Å². The van der Waals surface area contributed by atoms with Crippen molar-refractivity contribution in [3.05, 3.63) is 50.9 Å². The highest BCUT2D eigenvalue weighted by molar-refractivity contribution is 7.17. The summed E-state index contributed by atoms with van der Waals surface area (Å²) >= 11 is 6.38. The molecule has 0 saturated heterocycles. The summed E-state index contributed by atoms with van der Waals surface area (Å²) in [6.45, 7) is 2.91. The number of ketones is 1. The number of anilines is 1. The average Bonchev–Trinajstić information content (AvgIpc) is 2.94. The summed E-state index contributed by atoms with van der Waals surface area (Å²) < 4.78 is 40.0. The van der Waals surface area contributed by atoms with Crippen molar-refractivity contribution in [3.63, 3.8) is 0 Å². The van der Waals surface area contributed by atoms with Gasteiger partial charge in [0.15, 0.2) is 5.78 Å². The van der Waals surface area contributed by atoms with Crippen LogP contribution in [0.25, 0.3) is 0 Å². The Balaban J connectivity index is 2.77. The number of aliphatic carboxylic acids is 2. The Labute approximate surface area is 182 Å². The van der Waals surface area contributed by atoms with Gasteiger partial charge in [0.05, 0.1) is 12.0 Å². The van der Waals surface area contributed by atoms with Crippen LogP contribution >= 0.6 is 22.9 Å². The second kappa shape index (κ2) is 9.06. The fourth-order valence-corrected chi connectivity index (χ4v) is 4.09. The number of carboxylic acid groups (broad SMARTS) is 2. The molecule has 1 atom stereocenters. The number of alkyl halides is 3. The Morgan fingerprint density at radius 2 is 1.65 bits per heavy atom. The van der Waals surface area contributed by atoms with Gasteiger partial charge in [-0.15, -0.1) is 11.3 Å². The molecular weight excluding hydrogens is 463 g/mol. The van der Waals surface area contributed by atoms with E-state index < -0.39 is 47.3 Å². The number of aryl methyl sites for hydroxylation is 1. The zero-order valence-corrected chi connectivity index (χ0v) is 17.6. The average molecular weight is 478 g/mol. The van der Waals surface area contributed by atoms with Crippen LogP contribution in [0, 0.1) is 13.8 Å². The molecule has 12 heteroatoms. The highest BCUT2D eigenvalue weighted by Crippen LogP contribution is 2.40. The molecule has 2 rings (SSSR count). The van der Waals surface area contributed by atoms with Gasteiger partial charge in [-0.05, 0) is 43.7 Å². The highest BCUT2D eigenvalue weighted by atomic mass is 35.5. The molecule has 2 N–H and O–H groups in total. The molecule has 7 nitrogen and oxygen atoms in total. The summed E-state index contributed by atoms with van der Waals surface area (Å²) in [6, 6.07) is 3.02. The van der Waals surface area contributed by atoms with Gasteiger partial charge in [-0.1, -0.05) is 11.6 Å². The summed E-state index contributed by atoms with van der Waals surface area (Å²) in [5, 5.41) is 18.1. The van der Waals surface area contributed by atoms with E-state index in [0.717, 1.165) is 0 Å². The van der Waals surface area contributed by atoms with E-state index in [-0.39, 0.29) is 21.6 Å². The number of carbonyl (C=O) groups excluding carboxylic acids is 2. The van der Waals surface area contributed by atoms with Gasteiger partial charge < -0.3 is 10.2 Å². The van der Waals surface area contributed by atoms with Crippen molar-refractivity contribution in [2.75, 3.05) is 4.90 Å². The number of halogens is 4. The van der Waals surface area contributed by atoms with Gasteiger partial charge in [0.25, 0.3) is 0 Å². The molecule has 1 amide bonds. The topological polar surface area (TPSA) is 112 Å². The van der Waals surface area contributed by atoms with Gasteiger partial charge in [-0.2, -0.15) is 13.2 Å². The van der Waals surface area contributed by atoms with Crippen LogP contribution in [0.3, 0.4) is 0 Å². The molecule has 1 aromatic heterocycles. The fraction of sp³-hybridized carbons (Fsp3) is 0.263. The summed E-state index contributed by atoms with van der Waals surface area (Å²) in [6.07, 6.45) is -6.82. The van der Waals surface area contributed by atoms with E-state index in [1.54, 1.807) is 0 Å². The first-order valence-corrected chi connectivity index (χ1v) is 9.70. The summed E-state index contributed by atoms with van der Waals surface area (Å²) in [5.41, 5.74) is -0.0467. The van der Waals surface area contributed by atoms with Crippen molar-refractivity contribution in [3.8, 4) is 0 Å². The molecule has 31 heavy (non-hydrogen) atoms. The summed E-state index contributed by atoms with van der Waals surface area (Å²) in [5.74, 6) is -7.06. The largest absolute Gasteiger partial charge is 0.481 e. The molecule has 0 bridgehead atoms. The number of benzene rings is 1. The van der Waals surface area contributed by atoms with Crippen molar-refractivity contribution < 1.29 is 42.6 Å². The van der Waals surface area contributed by atoms with E-state index in [1.165, 1.54) is 38.1 Å². The van der Waals surface area contributed by atoms with E-state index >= 15 is 0 Å². The van der Waals surface area contributed by atoms with E-state index in [4.69, 9.17) is 16.7 Å². The Morgan fingerprint density at radius 1 is 1.10 bits per heavy atom. The molecule has 166 valence electrons. The number of hydrogen-bond acceptors (Lipinski definition) is 5. The van der Waals surface area contributed by atoms with Gasteiger partial charge in [0, 0.05) is 15.5 Å². The molecule has 0 aliphatic carbocycles. The number of nitrogens with zero attached hydrogens (tertiary/aromatic N) is 1. The molecule has 2 aromatic rings. The zero-order valence-electron chi connectivity index (χ0n) is 16.0. The van der Waals surface area contributed by atoms with Gasteiger partial charge in [0.2, 0.25) is 0 Å². The maximum atomic E-state index is 13.3. The van der Waals surface area contributed by atoms with E-state index in [2.05, 4.69) is 0 Å². The van der Waals surface area contributed by atoms with Crippen LogP contribution < -0.4 is 4.90 Å². The summed E-state index contributed by atoms with van der Waals surface area (Å²) in [4.78, 5) is 48.2. The lowest BCUT2D eigenvalue weighted by molar-refractivity contribution is -0.172. The third-order valence-corrected chi connectivity index (χ3v) is 5.80. The monoisotopic (exact) mass is 477 g/mol. The molecule has 0 radical (unpaired) electrons. The molecule has 0 spiro atoms. The maximum Gasteiger partial charge on any atom is 0.471 e. The molecule has 0 unspecified atom stereocenters. The van der Waals surface area contributed by atoms with Gasteiger partial charge in [-0.25, -0.2) is 4.79 Å². The first-order chi connectivity index (χ1) is 14.3. The normalized spacial score (nSPS) is 12.3. The number of thiophene rings is 1. The number of carbonyl (C=O) groups is 4. The van der Waals surface area contributed by atoms with E-state index in [0.29, 0.717) is 21.2 Å². The van der Waals surface area contributed by atoms with Gasteiger partial charge in [0.1, 0.15) is 11.0 Å². The SMILES string of the molecule is Cc1sc(N(C(=O)C(F)(F)F)[C@@H](CC(=O)O)C(=O)O)c(C(=O)c2ccc(Cl)cc2)c1C. The standard InChI is InChI=1S/C19H15ClF3NO6S/c1-8-9(2)31-16(14(8)15(27)10-3-5-11(20)6-4-10)24(18(30)19(21,22)23)12(17(28)29)7-13(25)26/h3-6,12H,7H2,1-2H3,(H,25,26)(H,28,29)/t12-/m0/s1. The Morgan fingerprint density at radius 3 is 2.10 bits per heavy atom. The zero-order chi connectivity index (χ0) is 23.7. The molecule has 0 fully saturated rings. The molecule has 0 aliphatic rings. The number of carboxylic acids is 2. The first kappa shape index (κ1) is 24.4. The maximum absolute atomic E-state index is 13.3. The third kappa shape index (κ3) is 5.23. The number of rotatable bonds is 7. The highest BCUT2D eigenvalue weighted by Gasteiger charge is 2.49. The molecular formula is C19H15ClF3NO6S. The minimum Gasteiger partial charge on any atom is -0.481 e. The van der Waals surface area contributed by atoms with Crippen LogP contribution in [-0.4, -0.2) is 46.1 Å². The Hall–Kier alpha value is -2.92. The quantitative estimate of drug-likeness (QED) is 0.581. The van der Waals surface area contributed by atoms with Crippen molar-refractivity contribution in [1.29, 1.82) is 0 Å². The summed E-state index contributed by atoms with van der Waals surface area (Å²) in [7, 11) is 0. The molecule has 1 aromatic carbocycles. The molecule has 1 heterocycles. The third-order valence-electron chi connectivity index (χ3n) is 4.35. The van der Waals surface area contributed by atoms with Crippen LogP contribution in [-0.2, 0) is 14.4 Å². The smallest absolute Gasteiger partial charge is 0.471 e. The van der Waals surface area contributed by atoms with Gasteiger partial charge >= 0.3 is 24.0 Å². The minimum atomic E-state index is -5.52. The van der Waals surface area contributed by atoms with Crippen molar-refractivity contribution in [2.24, 2.45) is 0 Å². The lowest BCUT2D eigenvalue weighted by Crippen LogP contribution is -2.51. The lowest BCUT2D eigenvalue weighted by atomic mass is 10.00.